The lowest BCUT2D eigenvalue weighted by molar-refractivity contribution is -0.613. The number of nitro benzene ring substituents is 1. The second kappa shape index (κ2) is 8.93. The van der Waals surface area contributed by atoms with Crippen LogP contribution in [0.1, 0.15) is 48.0 Å². The van der Waals surface area contributed by atoms with Gasteiger partial charge >= 0.3 is 10.9 Å². The number of hydrogen-bond donors (Lipinski definition) is 1. The summed E-state index contributed by atoms with van der Waals surface area (Å²) in [5, 5.41) is 15.1. The minimum absolute atomic E-state index is 0. The van der Waals surface area contributed by atoms with Crippen LogP contribution >= 0.6 is 23.8 Å². The van der Waals surface area contributed by atoms with Gasteiger partial charge < -0.3 is 5.48 Å². The summed E-state index contributed by atoms with van der Waals surface area (Å²) in [6, 6.07) is 5.01. The molecule has 2 aromatic carbocycles. The summed E-state index contributed by atoms with van der Waals surface area (Å²) in [6.45, 7) is 3.65. The predicted molar refractivity (Wildman–Crippen MR) is 121 cm³/mol. The van der Waals surface area contributed by atoms with E-state index in [9.17, 15) is 23.3 Å². The van der Waals surface area contributed by atoms with Gasteiger partial charge in [0.05, 0.1) is 28.8 Å². The van der Waals surface area contributed by atoms with Gasteiger partial charge in [-0.25, -0.2) is 0 Å². The average molecular weight is 514 g/mol. The fraction of sp³-hybridized carbons (Fsp3) is 0.286. The van der Waals surface area contributed by atoms with Crippen LogP contribution in [0.15, 0.2) is 35.3 Å². The van der Waals surface area contributed by atoms with Crippen molar-refractivity contribution in [3.63, 3.8) is 0 Å². The molecule has 0 saturated carbocycles. The summed E-state index contributed by atoms with van der Waals surface area (Å²) >= 11 is 11.9. The number of aryl methyl sites for hydroxylation is 2. The van der Waals surface area contributed by atoms with Gasteiger partial charge in [-0.15, -0.1) is 5.10 Å². The lowest BCUT2D eigenvalue weighted by atomic mass is 9.94. The Morgan fingerprint density at radius 1 is 1.29 bits per heavy atom. The van der Waals surface area contributed by atoms with Gasteiger partial charge in [0.25, 0.3) is 11.5 Å². The van der Waals surface area contributed by atoms with E-state index in [4.69, 9.17) is 23.8 Å². The second-order valence-electron chi connectivity index (χ2n) is 7.62. The molecule has 180 valence electrons. The van der Waals surface area contributed by atoms with E-state index in [0.717, 1.165) is 17.7 Å². The fourth-order valence-electron chi connectivity index (χ4n) is 4.15. The average Bonchev–Trinajstić information content (AvgIpc) is 2.95. The molecule has 1 aliphatic rings. The van der Waals surface area contributed by atoms with E-state index in [1.807, 2.05) is 6.92 Å². The van der Waals surface area contributed by atoms with Crippen molar-refractivity contribution in [2.24, 2.45) is 12.0 Å². The predicted octanol–water partition coefficient (Wildman–Crippen LogP) is 5.24. The van der Waals surface area contributed by atoms with E-state index >= 15 is 0 Å². The van der Waals surface area contributed by atoms with E-state index < -0.39 is 28.4 Å². The molecule has 34 heavy (non-hydrogen) atoms. The lowest BCUT2D eigenvalue weighted by Crippen LogP contribution is -2.38. The largest absolute Gasteiger partial charge is 0.870 e. The molecule has 1 unspecified atom stereocenters. The molecular weight excluding hydrogens is 495 g/mol. The summed E-state index contributed by atoms with van der Waals surface area (Å²) in [4.78, 5) is 15.7. The Bertz CT molecular complexity index is 1400. The van der Waals surface area contributed by atoms with Crippen molar-refractivity contribution >= 4 is 35.2 Å². The second-order valence-corrected chi connectivity index (χ2v) is 8.45. The van der Waals surface area contributed by atoms with Crippen LogP contribution in [-0.4, -0.2) is 25.9 Å². The first-order chi connectivity index (χ1) is 15.4. The number of aromatic nitrogens is 3. The van der Waals surface area contributed by atoms with Crippen LogP contribution in [0.5, 0.6) is 0 Å². The highest BCUT2D eigenvalue weighted by atomic mass is 35.5. The minimum Gasteiger partial charge on any atom is -0.870 e. The minimum atomic E-state index is -4.69. The third kappa shape index (κ3) is 4.12. The first kappa shape index (κ1) is 25.5. The number of nitrogens with one attached hydrogen (secondary N) is 1. The molecule has 2 heterocycles. The van der Waals surface area contributed by atoms with E-state index in [0.29, 0.717) is 39.4 Å². The summed E-state index contributed by atoms with van der Waals surface area (Å²) in [5.41, 5.74) is 0.0205. The zero-order valence-corrected chi connectivity index (χ0v) is 19.7. The quantitative estimate of drug-likeness (QED) is 0.223. The first-order valence-corrected chi connectivity index (χ1v) is 10.7. The molecule has 0 spiro atoms. The number of fused-ring (bicyclic) bond motifs is 3. The highest BCUT2D eigenvalue weighted by Crippen LogP contribution is 2.37. The Kier molecular flexibility index (Phi) is 6.71. The molecule has 4 rings (SSSR count). The number of hydrogen-bond acceptors (Lipinski definition) is 5. The lowest BCUT2D eigenvalue weighted by Gasteiger charge is -2.15. The monoisotopic (exact) mass is 513 g/mol. The molecule has 1 aliphatic heterocycles. The zero-order chi connectivity index (χ0) is 24.2. The Hall–Kier alpha value is -3.09. The Balaban J connectivity index is 0.00000324. The normalized spacial score (nSPS) is 15.0. The maximum atomic E-state index is 13.5. The van der Waals surface area contributed by atoms with E-state index in [1.54, 1.807) is 35.4 Å². The maximum Gasteiger partial charge on any atom is 0.416 e. The van der Waals surface area contributed by atoms with Crippen LogP contribution in [0, 0.1) is 14.9 Å². The van der Waals surface area contributed by atoms with E-state index in [1.165, 1.54) is 0 Å². The molecule has 0 aliphatic carbocycles. The number of alkyl halides is 3. The van der Waals surface area contributed by atoms with Crippen molar-refractivity contribution in [2.45, 2.75) is 32.5 Å². The van der Waals surface area contributed by atoms with Crippen molar-refractivity contribution in [1.82, 2.24) is 9.78 Å². The van der Waals surface area contributed by atoms with Gasteiger partial charge in [0.1, 0.15) is 11.7 Å². The van der Waals surface area contributed by atoms with Crippen LogP contribution in [0.2, 0.25) is 5.02 Å². The number of aromatic amines is 1. The summed E-state index contributed by atoms with van der Waals surface area (Å²) in [7, 11) is 1.74. The molecule has 0 saturated heterocycles. The molecule has 8 nitrogen and oxygen atoms in total. The summed E-state index contributed by atoms with van der Waals surface area (Å²) < 4.78 is 44.4. The first-order valence-electron chi connectivity index (χ1n) is 9.92. The van der Waals surface area contributed by atoms with Crippen LogP contribution in [0.3, 0.4) is 0 Å². The van der Waals surface area contributed by atoms with Gasteiger partial charge in [-0.1, -0.05) is 18.5 Å². The standard InChI is InChI=1S/C21H17ClF3N5O2S.H2O/c1-4-11-7-13(22)9-15-17(14-8-12(21(23,24)25)5-6-16(14)30(31)32)26-10(2)19-28(3)27-20(33)29(19)18(11)15;/h5-10H,4H2,1-3H3;1H2. The van der Waals surface area contributed by atoms with Crippen molar-refractivity contribution in [3.8, 4) is 5.69 Å². The molecule has 0 amide bonds. The van der Waals surface area contributed by atoms with Gasteiger partial charge in [0.2, 0.25) is 0 Å². The Morgan fingerprint density at radius 2 is 1.97 bits per heavy atom. The van der Waals surface area contributed by atoms with Gasteiger partial charge in [0, 0.05) is 16.7 Å². The van der Waals surface area contributed by atoms with Crippen molar-refractivity contribution in [1.29, 1.82) is 0 Å². The summed E-state index contributed by atoms with van der Waals surface area (Å²) in [6.07, 6.45) is -4.15. The third-order valence-corrected chi connectivity index (χ3v) is 6.02. The van der Waals surface area contributed by atoms with Crippen LogP contribution in [0.4, 0.5) is 18.9 Å². The van der Waals surface area contributed by atoms with E-state index in [2.05, 4.69) is 10.1 Å². The number of nitrogens with zero attached hydrogens (tertiary/aromatic N) is 4. The molecule has 0 fully saturated rings. The smallest absolute Gasteiger partial charge is 0.416 e. The van der Waals surface area contributed by atoms with Crippen molar-refractivity contribution < 1.29 is 28.1 Å². The van der Waals surface area contributed by atoms with Gasteiger partial charge in [-0.3, -0.25) is 15.1 Å². The number of H-pyrrole nitrogens is 1. The number of aliphatic imine (C=N–C) groups is 1. The molecule has 13 heteroatoms. The molecule has 0 radical (unpaired) electrons. The van der Waals surface area contributed by atoms with Gasteiger partial charge in [-0.05, 0) is 55.4 Å². The zero-order valence-electron chi connectivity index (χ0n) is 18.1. The van der Waals surface area contributed by atoms with Crippen molar-refractivity contribution in [3.05, 3.63) is 78.3 Å². The Morgan fingerprint density at radius 3 is 2.56 bits per heavy atom. The van der Waals surface area contributed by atoms with Gasteiger partial charge in [-0.2, -0.15) is 22.4 Å². The van der Waals surface area contributed by atoms with Crippen LogP contribution < -0.4 is 4.57 Å². The molecule has 2 N–H and O–H groups in total. The highest BCUT2D eigenvalue weighted by Gasteiger charge is 2.37. The molecule has 1 aromatic heterocycles. The Labute approximate surface area is 201 Å². The number of rotatable bonds is 3. The van der Waals surface area contributed by atoms with E-state index in [-0.39, 0.29) is 16.8 Å². The highest BCUT2D eigenvalue weighted by molar-refractivity contribution is 7.71. The molecular formula is C21H19ClF3N5O3S. The molecule has 0 bridgehead atoms. The third-order valence-electron chi connectivity index (χ3n) is 5.52. The van der Waals surface area contributed by atoms with Crippen LogP contribution in [-0.2, 0) is 19.6 Å². The topological polar surface area (TPSA) is 110 Å². The number of halogens is 4. The molecule has 3 aromatic rings. The molecule has 1 atom stereocenters. The number of benzene rings is 2. The maximum absolute atomic E-state index is 13.5. The number of nitro groups is 1. The van der Waals surface area contributed by atoms with Gasteiger partial charge in [0.15, 0.2) is 0 Å². The van der Waals surface area contributed by atoms with Crippen LogP contribution in [0.25, 0.3) is 5.69 Å². The fourth-order valence-corrected chi connectivity index (χ4v) is 4.72. The van der Waals surface area contributed by atoms with Crippen molar-refractivity contribution in [2.75, 3.05) is 0 Å². The SMILES string of the molecule is CCc1cc(Cl)cc2c1-[n+]1c(n(C)[nH]c1=S)C(C)N=C2c1cc(C(F)(F)F)ccc1[N+](=O)[O-].[OH-]. The summed E-state index contributed by atoms with van der Waals surface area (Å²) in [5.74, 6) is 0.642.